The van der Waals surface area contributed by atoms with Gasteiger partial charge >= 0.3 is 11.7 Å². The van der Waals surface area contributed by atoms with Crippen LogP contribution in [0.4, 0.5) is 0 Å². The van der Waals surface area contributed by atoms with Crippen LogP contribution >= 0.6 is 0 Å². The molecule has 0 radical (unpaired) electrons. The molecule has 2 rings (SSSR count). The maximum absolute atomic E-state index is 11.1. The number of hydrogen-bond donors (Lipinski definition) is 3. The second kappa shape index (κ2) is 4.42. The fraction of sp³-hybridized carbons (Fsp3) is 0.273. The van der Waals surface area contributed by atoms with Gasteiger partial charge in [0, 0.05) is 6.54 Å². The zero-order valence-electron chi connectivity index (χ0n) is 9.19. The van der Waals surface area contributed by atoms with E-state index in [1.54, 1.807) is 25.2 Å². The van der Waals surface area contributed by atoms with E-state index in [4.69, 9.17) is 9.52 Å². The van der Waals surface area contributed by atoms with Gasteiger partial charge in [0.1, 0.15) is 0 Å². The van der Waals surface area contributed by atoms with Gasteiger partial charge in [-0.1, -0.05) is 6.07 Å². The highest BCUT2D eigenvalue weighted by Crippen LogP contribution is 2.20. The number of benzene rings is 1. The Morgan fingerprint density at radius 3 is 3.00 bits per heavy atom. The van der Waals surface area contributed by atoms with E-state index >= 15 is 0 Å². The van der Waals surface area contributed by atoms with Gasteiger partial charge in [0.05, 0.1) is 11.4 Å². The van der Waals surface area contributed by atoms with E-state index in [0.29, 0.717) is 23.2 Å². The molecule has 3 N–H and O–H groups in total. The lowest BCUT2D eigenvalue weighted by Crippen LogP contribution is -2.23. The van der Waals surface area contributed by atoms with Crippen LogP contribution in [0.25, 0.3) is 11.1 Å². The molecular weight excluding hydrogens is 224 g/mol. The first kappa shape index (κ1) is 11.4. The first-order chi connectivity index (χ1) is 8.11. The molecule has 6 heteroatoms. The van der Waals surface area contributed by atoms with Gasteiger partial charge in [-0.05, 0) is 24.7 Å². The van der Waals surface area contributed by atoms with Gasteiger partial charge in [0.25, 0.3) is 0 Å². The molecule has 0 spiro atoms. The monoisotopic (exact) mass is 236 g/mol. The SMILES string of the molecule is CNCC(C(=O)O)c1ccc2[nH]c(=O)oc2c1. The van der Waals surface area contributed by atoms with Gasteiger partial charge in [-0.2, -0.15) is 0 Å². The number of aromatic nitrogens is 1. The fourth-order valence-corrected chi connectivity index (χ4v) is 1.73. The molecule has 1 aromatic heterocycles. The summed E-state index contributed by atoms with van der Waals surface area (Å²) in [5.74, 6) is -2.13. The van der Waals surface area contributed by atoms with Gasteiger partial charge in [-0.3, -0.25) is 9.78 Å². The van der Waals surface area contributed by atoms with Crippen LogP contribution in [0.5, 0.6) is 0 Å². The number of rotatable bonds is 4. The van der Waals surface area contributed by atoms with E-state index in [9.17, 15) is 9.59 Å². The van der Waals surface area contributed by atoms with Crippen molar-refractivity contribution in [2.24, 2.45) is 0 Å². The molecule has 0 saturated carbocycles. The maximum Gasteiger partial charge on any atom is 0.417 e. The van der Waals surface area contributed by atoms with Gasteiger partial charge in [0.2, 0.25) is 0 Å². The number of hydrogen-bond acceptors (Lipinski definition) is 4. The number of carboxylic acid groups (broad SMARTS) is 1. The summed E-state index contributed by atoms with van der Waals surface area (Å²) in [6, 6.07) is 4.88. The molecule has 0 amide bonds. The topological polar surface area (TPSA) is 95.3 Å². The van der Waals surface area contributed by atoms with Crippen LogP contribution in [0.3, 0.4) is 0 Å². The highest BCUT2D eigenvalue weighted by Gasteiger charge is 2.19. The Morgan fingerprint density at radius 1 is 1.59 bits per heavy atom. The van der Waals surface area contributed by atoms with Gasteiger partial charge in [-0.15, -0.1) is 0 Å². The molecule has 0 saturated heterocycles. The standard InChI is InChI=1S/C11H12N2O4/c1-12-5-7(10(14)15)6-2-3-8-9(4-6)17-11(16)13-8/h2-4,7,12H,5H2,1H3,(H,13,16)(H,14,15). The predicted octanol–water partition coefficient (Wildman–Crippen LogP) is 0.509. The molecule has 0 fully saturated rings. The van der Waals surface area contributed by atoms with Crippen molar-refractivity contribution in [2.45, 2.75) is 5.92 Å². The summed E-state index contributed by atoms with van der Waals surface area (Å²) in [5, 5.41) is 11.9. The van der Waals surface area contributed by atoms with Crippen molar-refractivity contribution in [2.75, 3.05) is 13.6 Å². The maximum atomic E-state index is 11.1. The Morgan fingerprint density at radius 2 is 2.35 bits per heavy atom. The molecule has 2 aromatic rings. The number of nitrogens with one attached hydrogen (secondary N) is 2. The van der Waals surface area contributed by atoms with E-state index in [1.165, 1.54) is 0 Å². The third-order valence-corrected chi connectivity index (χ3v) is 2.55. The first-order valence-electron chi connectivity index (χ1n) is 5.12. The Labute approximate surface area is 96.3 Å². The molecule has 17 heavy (non-hydrogen) atoms. The Kier molecular flexibility index (Phi) is 2.97. The van der Waals surface area contributed by atoms with Crippen molar-refractivity contribution in [1.29, 1.82) is 0 Å². The molecule has 0 bridgehead atoms. The van der Waals surface area contributed by atoms with Gasteiger partial charge in [0.15, 0.2) is 5.58 Å². The lowest BCUT2D eigenvalue weighted by atomic mass is 9.99. The van der Waals surface area contributed by atoms with Gasteiger partial charge < -0.3 is 14.8 Å². The summed E-state index contributed by atoms with van der Waals surface area (Å²) in [6.07, 6.45) is 0. The third kappa shape index (κ3) is 2.21. The predicted molar refractivity (Wildman–Crippen MR) is 61.1 cm³/mol. The number of aliphatic carboxylic acids is 1. The molecule has 0 aliphatic rings. The normalized spacial score (nSPS) is 12.8. The number of carbonyl (C=O) groups is 1. The molecule has 1 heterocycles. The van der Waals surface area contributed by atoms with Crippen molar-refractivity contribution in [3.05, 3.63) is 34.3 Å². The van der Waals surface area contributed by atoms with Crippen LogP contribution in [-0.2, 0) is 4.79 Å². The van der Waals surface area contributed by atoms with Crippen LogP contribution in [0, 0.1) is 0 Å². The third-order valence-electron chi connectivity index (χ3n) is 2.55. The van der Waals surface area contributed by atoms with E-state index in [2.05, 4.69) is 10.3 Å². The summed E-state index contributed by atoms with van der Waals surface area (Å²) in [7, 11) is 1.69. The smallest absolute Gasteiger partial charge is 0.417 e. The van der Waals surface area contributed by atoms with Crippen LogP contribution in [0.15, 0.2) is 27.4 Å². The molecule has 1 atom stereocenters. The minimum absolute atomic E-state index is 0.315. The summed E-state index contributed by atoms with van der Waals surface area (Å²) >= 11 is 0. The van der Waals surface area contributed by atoms with Crippen LogP contribution in [0.1, 0.15) is 11.5 Å². The van der Waals surface area contributed by atoms with Crippen LogP contribution < -0.4 is 11.1 Å². The molecule has 90 valence electrons. The lowest BCUT2D eigenvalue weighted by molar-refractivity contribution is -0.138. The molecule has 0 aliphatic heterocycles. The Balaban J connectivity index is 2.46. The minimum atomic E-state index is -0.920. The van der Waals surface area contributed by atoms with Crippen molar-refractivity contribution in [3.63, 3.8) is 0 Å². The number of carboxylic acids is 1. The molecule has 1 aromatic carbocycles. The van der Waals surface area contributed by atoms with Gasteiger partial charge in [-0.25, -0.2) is 4.79 Å². The summed E-state index contributed by atoms with van der Waals surface area (Å²) in [6.45, 7) is 0.315. The molecule has 0 aliphatic carbocycles. The van der Waals surface area contributed by atoms with E-state index < -0.39 is 17.6 Å². The van der Waals surface area contributed by atoms with Crippen molar-refractivity contribution in [3.8, 4) is 0 Å². The Bertz CT molecular complexity index is 599. The lowest BCUT2D eigenvalue weighted by Gasteiger charge is -2.11. The van der Waals surface area contributed by atoms with E-state index in [-0.39, 0.29) is 0 Å². The zero-order valence-corrected chi connectivity index (χ0v) is 9.19. The Hall–Kier alpha value is -2.08. The number of likely N-dealkylation sites (N-methyl/N-ethyl adjacent to an activating group) is 1. The first-order valence-corrected chi connectivity index (χ1v) is 5.12. The fourth-order valence-electron chi connectivity index (χ4n) is 1.73. The van der Waals surface area contributed by atoms with Crippen LogP contribution in [-0.4, -0.2) is 29.7 Å². The summed E-state index contributed by atoms with van der Waals surface area (Å²) in [5.41, 5.74) is 1.53. The molecular formula is C11H12N2O4. The van der Waals surface area contributed by atoms with Crippen LogP contribution in [0.2, 0.25) is 0 Å². The number of oxazole rings is 1. The van der Waals surface area contributed by atoms with Crippen molar-refractivity contribution < 1.29 is 14.3 Å². The molecule has 1 unspecified atom stereocenters. The largest absolute Gasteiger partial charge is 0.481 e. The van der Waals surface area contributed by atoms with Crippen molar-refractivity contribution >= 4 is 17.1 Å². The minimum Gasteiger partial charge on any atom is -0.481 e. The number of aromatic amines is 1. The zero-order chi connectivity index (χ0) is 12.4. The van der Waals surface area contributed by atoms with E-state index in [0.717, 1.165) is 0 Å². The quantitative estimate of drug-likeness (QED) is 0.718. The van der Waals surface area contributed by atoms with Crippen molar-refractivity contribution in [1.82, 2.24) is 10.3 Å². The second-order valence-corrected chi connectivity index (χ2v) is 3.72. The average Bonchev–Trinajstić information content (AvgIpc) is 2.64. The second-order valence-electron chi connectivity index (χ2n) is 3.72. The number of H-pyrrole nitrogens is 1. The highest BCUT2D eigenvalue weighted by molar-refractivity contribution is 5.80. The highest BCUT2D eigenvalue weighted by atomic mass is 16.4. The van der Waals surface area contributed by atoms with E-state index in [1.807, 2.05) is 0 Å². The molecule has 6 nitrogen and oxygen atoms in total. The summed E-state index contributed by atoms with van der Waals surface area (Å²) in [4.78, 5) is 24.6. The average molecular weight is 236 g/mol. The number of fused-ring (bicyclic) bond motifs is 1. The summed E-state index contributed by atoms with van der Waals surface area (Å²) < 4.78 is 4.89.